The molecule has 0 atom stereocenters. The van der Waals surface area contributed by atoms with Crippen LogP contribution < -0.4 is 0 Å². The fraction of sp³-hybridized carbons (Fsp3) is 0.462. The Labute approximate surface area is 101 Å². The number of Topliss-reactive ketones (excluding diaryl/α,β-unsaturated/α-hetero) is 1. The third-order valence-electron chi connectivity index (χ3n) is 3.16. The zero-order valence-corrected chi connectivity index (χ0v) is 10.1. The number of ether oxygens (including phenoxy) is 1. The van der Waals surface area contributed by atoms with Crippen LogP contribution in [0.1, 0.15) is 25.3 Å². The number of carbonyl (C=O) groups excluding carboxylic acids is 1. The van der Waals surface area contributed by atoms with Gasteiger partial charge in [-0.05, 0) is 25.0 Å². The summed E-state index contributed by atoms with van der Waals surface area (Å²) in [7, 11) is 0. The van der Waals surface area contributed by atoms with Crippen LogP contribution in [0.2, 0.25) is 5.02 Å². The molecule has 2 nitrogen and oxygen atoms in total. The zero-order chi connectivity index (χ0) is 11.6. The van der Waals surface area contributed by atoms with E-state index in [1.165, 1.54) is 0 Å². The van der Waals surface area contributed by atoms with Crippen molar-refractivity contribution in [2.24, 2.45) is 0 Å². The summed E-state index contributed by atoms with van der Waals surface area (Å²) in [4.78, 5) is 11.1. The molecule has 86 valence electrons. The normalized spacial score (nSPS) is 17.9. The van der Waals surface area contributed by atoms with Crippen LogP contribution >= 0.6 is 11.6 Å². The van der Waals surface area contributed by atoms with Gasteiger partial charge in [-0.15, -0.1) is 0 Å². The largest absolute Gasteiger partial charge is 0.379 e. The van der Waals surface area contributed by atoms with E-state index in [0.29, 0.717) is 19.6 Å². The lowest BCUT2D eigenvalue weighted by Crippen LogP contribution is -2.47. The summed E-state index contributed by atoms with van der Waals surface area (Å²) >= 11 is 6.20. The van der Waals surface area contributed by atoms with E-state index < -0.39 is 0 Å². The fourth-order valence-electron chi connectivity index (χ4n) is 2.09. The lowest BCUT2D eigenvalue weighted by atomic mass is 9.74. The minimum atomic E-state index is -0.0377. The van der Waals surface area contributed by atoms with E-state index in [1.807, 2.05) is 24.3 Å². The first-order valence-corrected chi connectivity index (χ1v) is 5.84. The van der Waals surface area contributed by atoms with Gasteiger partial charge in [0.25, 0.3) is 0 Å². The quantitative estimate of drug-likeness (QED) is 0.806. The molecule has 16 heavy (non-hydrogen) atoms. The van der Waals surface area contributed by atoms with E-state index in [4.69, 9.17) is 16.3 Å². The lowest BCUT2D eigenvalue weighted by Gasteiger charge is -2.42. The van der Waals surface area contributed by atoms with Crippen LogP contribution in [0, 0.1) is 0 Å². The van der Waals surface area contributed by atoms with E-state index in [-0.39, 0.29) is 11.2 Å². The molecule has 0 radical (unpaired) electrons. The molecule has 0 amide bonds. The molecular formula is C13H15ClO2. The van der Waals surface area contributed by atoms with Crippen molar-refractivity contribution >= 4 is 17.4 Å². The molecule has 1 saturated heterocycles. The molecule has 1 aliphatic heterocycles. The molecule has 0 spiro atoms. The standard InChI is InChI=1S/C13H15ClO2/c1-10(15)6-7-13(8-16-9-13)11-4-2-3-5-12(11)14/h2-5H,6-9H2,1H3. The van der Waals surface area contributed by atoms with Crippen molar-refractivity contribution in [2.75, 3.05) is 13.2 Å². The maximum absolute atomic E-state index is 11.1. The Morgan fingerprint density at radius 3 is 2.62 bits per heavy atom. The Bertz CT molecular complexity index is 397. The predicted molar refractivity (Wildman–Crippen MR) is 63.9 cm³/mol. The minimum absolute atomic E-state index is 0.0377. The monoisotopic (exact) mass is 238 g/mol. The molecule has 0 aromatic heterocycles. The molecule has 1 heterocycles. The Hall–Kier alpha value is -0.860. The molecule has 3 heteroatoms. The van der Waals surface area contributed by atoms with Crippen molar-refractivity contribution in [3.05, 3.63) is 34.9 Å². The van der Waals surface area contributed by atoms with Gasteiger partial charge in [-0.1, -0.05) is 29.8 Å². The van der Waals surface area contributed by atoms with Gasteiger partial charge in [0.2, 0.25) is 0 Å². The smallest absolute Gasteiger partial charge is 0.129 e. The van der Waals surface area contributed by atoms with E-state index >= 15 is 0 Å². The highest BCUT2D eigenvalue weighted by atomic mass is 35.5. The molecule has 0 aliphatic carbocycles. The molecule has 1 aromatic carbocycles. The van der Waals surface area contributed by atoms with Crippen LogP contribution in [-0.4, -0.2) is 19.0 Å². The fourth-order valence-corrected chi connectivity index (χ4v) is 2.43. The molecule has 0 N–H and O–H groups in total. The topological polar surface area (TPSA) is 26.3 Å². The zero-order valence-electron chi connectivity index (χ0n) is 9.33. The van der Waals surface area contributed by atoms with Gasteiger partial charge in [-0.25, -0.2) is 0 Å². The number of halogens is 1. The number of benzene rings is 1. The first kappa shape index (κ1) is 11.6. The first-order valence-electron chi connectivity index (χ1n) is 5.46. The van der Waals surface area contributed by atoms with Crippen LogP contribution in [-0.2, 0) is 14.9 Å². The second-order valence-corrected chi connectivity index (χ2v) is 4.86. The van der Waals surface area contributed by atoms with Gasteiger partial charge in [-0.3, -0.25) is 0 Å². The van der Waals surface area contributed by atoms with E-state index in [9.17, 15) is 4.79 Å². The number of carbonyl (C=O) groups is 1. The second-order valence-electron chi connectivity index (χ2n) is 4.45. The molecule has 1 fully saturated rings. The van der Waals surface area contributed by atoms with Gasteiger partial charge in [0.05, 0.1) is 13.2 Å². The average Bonchev–Trinajstić information content (AvgIpc) is 2.18. The predicted octanol–water partition coefficient (Wildman–Crippen LogP) is 2.98. The highest BCUT2D eigenvalue weighted by Crippen LogP contribution is 2.40. The molecule has 0 unspecified atom stereocenters. The summed E-state index contributed by atoms with van der Waals surface area (Å²) in [6.07, 6.45) is 1.42. The van der Waals surface area contributed by atoms with Crippen molar-refractivity contribution in [1.82, 2.24) is 0 Å². The van der Waals surface area contributed by atoms with Crippen molar-refractivity contribution in [3.8, 4) is 0 Å². The van der Waals surface area contributed by atoms with Gasteiger partial charge < -0.3 is 9.53 Å². The average molecular weight is 239 g/mol. The number of hydrogen-bond donors (Lipinski definition) is 0. The molecule has 0 saturated carbocycles. The van der Waals surface area contributed by atoms with Gasteiger partial charge in [-0.2, -0.15) is 0 Å². The summed E-state index contributed by atoms with van der Waals surface area (Å²) < 4.78 is 5.31. The van der Waals surface area contributed by atoms with Gasteiger partial charge in [0.1, 0.15) is 5.78 Å². The van der Waals surface area contributed by atoms with Crippen LogP contribution in [0.3, 0.4) is 0 Å². The van der Waals surface area contributed by atoms with Crippen LogP contribution in [0.5, 0.6) is 0 Å². The van der Waals surface area contributed by atoms with E-state index in [1.54, 1.807) is 6.92 Å². The first-order chi connectivity index (χ1) is 7.64. The van der Waals surface area contributed by atoms with Crippen LogP contribution in [0.15, 0.2) is 24.3 Å². The summed E-state index contributed by atoms with van der Waals surface area (Å²) in [5.41, 5.74) is 1.08. The minimum Gasteiger partial charge on any atom is -0.379 e. The molecular weight excluding hydrogens is 224 g/mol. The molecule has 1 aliphatic rings. The SMILES string of the molecule is CC(=O)CCC1(c2ccccc2Cl)COC1. The Balaban J connectivity index is 2.21. The number of ketones is 1. The highest BCUT2D eigenvalue weighted by molar-refractivity contribution is 6.31. The van der Waals surface area contributed by atoms with Gasteiger partial charge >= 0.3 is 0 Å². The molecule has 1 aromatic rings. The highest BCUT2D eigenvalue weighted by Gasteiger charge is 2.41. The number of hydrogen-bond acceptors (Lipinski definition) is 2. The summed E-state index contributed by atoms with van der Waals surface area (Å²) in [5.74, 6) is 0.221. The van der Waals surface area contributed by atoms with Crippen molar-refractivity contribution < 1.29 is 9.53 Å². The Morgan fingerprint density at radius 1 is 1.44 bits per heavy atom. The van der Waals surface area contributed by atoms with Crippen LogP contribution in [0.4, 0.5) is 0 Å². The third kappa shape index (κ3) is 2.13. The van der Waals surface area contributed by atoms with Crippen molar-refractivity contribution in [2.45, 2.75) is 25.2 Å². The number of rotatable bonds is 4. The maximum Gasteiger partial charge on any atom is 0.129 e. The maximum atomic E-state index is 11.1. The summed E-state index contributed by atoms with van der Waals surface area (Å²) in [6, 6.07) is 7.83. The van der Waals surface area contributed by atoms with Gasteiger partial charge in [0, 0.05) is 16.9 Å². The Kier molecular flexibility index (Phi) is 3.31. The molecule has 0 bridgehead atoms. The van der Waals surface area contributed by atoms with Crippen molar-refractivity contribution in [3.63, 3.8) is 0 Å². The van der Waals surface area contributed by atoms with Crippen LogP contribution in [0.25, 0.3) is 0 Å². The third-order valence-corrected chi connectivity index (χ3v) is 3.49. The van der Waals surface area contributed by atoms with E-state index in [0.717, 1.165) is 17.0 Å². The van der Waals surface area contributed by atoms with Crippen molar-refractivity contribution in [1.29, 1.82) is 0 Å². The Morgan fingerprint density at radius 2 is 2.12 bits per heavy atom. The second kappa shape index (κ2) is 4.56. The summed E-state index contributed by atoms with van der Waals surface area (Å²) in [6.45, 7) is 2.97. The molecule has 2 rings (SSSR count). The van der Waals surface area contributed by atoms with E-state index in [2.05, 4.69) is 0 Å². The lowest BCUT2D eigenvalue weighted by molar-refractivity contribution is -0.119. The summed E-state index contributed by atoms with van der Waals surface area (Å²) in [5, 5.41) is 0.773. The van der Waals surface area contributed by atoms with Gasteiger partial charge in [0.15, 0.2) is 0 Å².